The molecule has 0 saturated carbocycles. The number of unbranched alkanes of at least 4 members (excludes halogenated alkanes) is 10. The van der Waals surface area contributed by atoms with Gasteiger partial charge in [-0.3, -0.25) is 0 Å². The van der Waals surface area contributed by atoms with Crippen molar-refractivity contribution in [3.05, 3.63) is 11.3 Å². The van der Waals surface area contributed by atoms with Crippen molar-refractivity contribution in [2.24, 2.45) is 5.92 Å². The van der Waals surface area contributed by atoms with E-state index in [9.17, 15) is 0 Å². The van der Waals surface area contributed by atoms with Crippen molar-refractivity contribution in [1.29, 1.82) is 0 Å². The largest absolute Gasteiger partial charge is 0.413 e. The molecule has 0 radical (unpaired) electrons. The summed E-state index contributed by atoms with van der Waals surface area (Å²) in [6.45, 7) is 15.0. The van der Waals surface area contributed by atoms with Crippen LogP contribution in [0.5, 0.6) is 0 Å². The van der Waals surface area contributed by atoms with Crippen LogP contribution in [0.15, 0.2) is 11.3 Å². The summed E-state index contributed by atoms with van der Waals surface area (Å²) >= 11 is 0. The highest BCUT2D eigenvalue weighted by atomic mass is 28.4. The fourth-order valence-electron chi connectivity index (χ4n) is 3.64. The van der Waals surface area contributed by atoms with E-state index in [1.54, 1.807) is 5.20 Å². The van der Waals surface area contributed by atoms with Crippen LogP contribution < -0.4 is 0 Å². The van der Waals surface area contributed by atoms with E-state index >= 15 is 0 Å². The molecule has 0 N–H and O–H groups in total. The molecule has 0 aromatic carbocycles. The average molecular weight is 397 g/mol. The molecule has 0 spiro atoms. The predicted molar refractivity (Wildman–Crippen MR) is 127 cm³/mol. The molecule has 0 aliphatic heterocycles. The van der Waals surface area contributed by atoms with Gasteiger partial charge in [0.05, 0.1) is 0 Å². The smallest absolute Gasteiger partial charge is 0.213 e. The summed E-state index contributed by atoms with van der Waals surface area (Å²) < 4.78 is 6.41. The summed E-state index contributed by atoms with van der Waals surface area (Å²) in [6.07, 6.45) is 22.9. The molecule has 0 atom stereocenters. The fraction of sp³-hybridized carbons (Fsp3) is 0.920. The molecule has 0 rings (SSSR count). The zero-order valence-electron chi connectivity index (χ0n) is 19.9. The highest BCUT2D eigenvalue weighted by Crippen LogP contribution is 2.25. The van der Waals surface area contributed by atoms with Crippen molar-refractivity contribution in [2.45, 2.75) is 137 Å². The molecule has 0 unspecified atom stereocenters. The van der Waals surface area contributed by atoms with Crippen molar-refractivity contribution in [1.82, 2.24) is 0 Å². The van der Waals surface area contributed by atoms with Gasteiger partial charge in [-0.25, -0.2) is 0 Å². The van der Waals surface area contributed by atoms with Crippen LogP contribution in [-0.4, -0.2) is 14.9 Å². The Bertz CT molecular complexity index is 346. The molecule has 2 heteroatoms. The van der Waals surface area contributed by atoms with Gasteiger partial charge in [0.15, 0.2) is 0 Å². The number of allylic oxidation sites excluding steroid dienone is 2. The Morgan fingerprint density at radius 3 is 1.96 bits per heavy atom. The van der Waals surface area contributed by atoms with E-state index in [1.807, 2.05) is 0 Å². The lowest BCUT2D eigenvalue weighted by atomic mass is 10.0. The molecule has 0 aliphatic carbocycles. The Labute approximate surface area is 173 Å². The van der Waals surface area contributed by atoms with E-state index in [4.69, 9.17) is 4.43 Å². The minimum atomic E-state index is -1.68. The lowest BCUT2D eigenvalue weighted by Gasteiger charge is -2.27. The van der Waals surface area contributed by atoms with E-state index in [2.05, 4.69) is 46.9 Å². The van der Waals surface area contributed by atoms with E-state index in [0.29, 0.717) is 0 Å². The minimum Gasteiger partial charge on any atom is -0.413 e. The van der Waals surface area contributed by atoms with Gasteiger partial charge in [-0.15, -0.1) is 0 Å². The molecule has 1 nitrogen and oxygen atoms in total. The van der Waals surface area contributed by atoms with Crippen molar-refractivity contribution in [3.63, 3.8) is 0 Å². The maximum absolute atomic E-state index is 6.41. The van der Waals surface area contributed by atoms with Gasteiger partial charge < -0.3 is 4.43 Å². The monoisotopic (exact) mass is 396 g/mol. The first kappa shape index (κ1) is 26.9. The highest BCUT2D eigenvalue weighted by Gasteiger charge is 2.27. The van der Waals surface area contributed by atoms with E-state index in [1.165, 1.54) is 96.3 Å². The second-order valence-electron chi connectivity index (χ2n) is 9.34. The molecule has 162 valence electrons. The van der Waals surface area contributed by atoms with Crippen molar-refractivity contribution in [2.75, 3.05) is 6.61 Å². The van der Waals surface area contributed by atoms with Crippen LogP contribution >= 0.6 is 0 Å². The normalized spacial score (nSPS) is 12.9. The van der Waals surface area contributed by atoms with Gasteiger partial charge in [0, 0.05) is 6.61 Å². The Morgan fingerprint density at radius 1 is 0.778 bits per heavy atom. The van der Waals surface area contributed by atoms with E-state index in [0.717, 1.165) is 12.5 Å². The summed E-state index contributed by atoms with van der Waals surface area (Å²) in [7, 11) is -1.68. The first-order chi connectivity index (χ1) is 12.9. The first-order valence-electron chi connectivity index (χ1n) is 12.3. The minimum absolute atomic E-state index is 0.834. The van der Waals surface area contributed by atoms with E-state index < -0.39 is 8.32 Å². The van der Waals surface area contributed by atoms with Crippen LogP contribution in [-0.2, 0) is 4.43 Å². The third-order valence-corrected chi connectivity index (χ3v) is 8.59. The average Bonchev–Trinajstić information content (AvgIpc) is 2.61. The van der Waals surface area contributed by atoms with Crippen LogP contribution in [0.3, 0.4) is 0 Å². The molecule has 27 heavy (non-hydrogen) atoms. The Hall–Kier alpha value is -0.0831. The second kappa shape index (κ2) is 18.0. The molecular weight excluding hydrogens is 344 g/mol. The lowest BCUT2D eigenvalue weighted by molar-refractivity contribution is 0.303. The maximum Gasteiger partial charge on any atom is 0.213 e. The predicted octanol–water partition coefficient (Wildman–Crippen LogP) is 9.22. The molecule has 0 aromatic rings. The Morgan fingerprint density at radius 2 is 1.37 bits per heavy atom. The van der Waals surface area contributed by atoms with Gasteiger partial charge in [0.1, 0.15) is 0 Å². The summed E-state index contributed by atoms with van der Waals surface area (Å²) in [6, 6.07) is 0. The fourth-order valence-corrected chi connectivity index (χ4v) is 5.89. The molecule has 0 heterocycles. The summed E-state index contributed by atoms with van der Waals surface area (Å²) in [5.74, 6) is 0.834. The lowest BCUT2D eigenvalue weighted by Crippen LogP contribution is -2.34. The van der Waals surface area contributed by atoms with Crippen LogP contribution in [0.4, 0.5) is 0 Å². The molecule has 0 fully saturated rings. The number of rotatable bonds is 19. The third kappa shape index (κ3) is 16.6. The molecule has 0 saturated heterocycles. The van der Waals surface area contributed by atoms with Gasteiger partial charge in [0.25, 0.3) is 0 Å². The van der Waals surface area contributed by atoms with Gasteiger partial charge in [-0.05, 0) is 51.1 Å². The third-order valence-electron chi connectivity index (χ3n) is 5.66. The first-order valence-corrected chi connectivity index (χ1v) is 15.2. The summed E-state index contributed by atoms with van der Waals surface area (Å²) in [4.78, 5) is 0. The van der Waals surface area contributed by atoms with Crippen LogP contribution in [0.25, 0.3) is 0 Å². The SMILES string of the molecule is CCCCCCCCCC/C=C(\CCCCC(C)C)[Si](C)(C)OCCCC. The second-order valence-corrected chi connectivity index (χ2v) is 13.3. The molecule has 0 bridgehead atoms. The highest BCUT2D eigenvalue weighted by molar-refractivity contribution is 6.78. The summed E-state index contributed by atoms with van der Waals surface area (Å²) in [5, 5.41) is 1.69. The topological polar surface area (TPSA) is 9.23 Å². The molecular formula is C25H52OSi. The van der Waals surface area contributed by atoms with Crippen LogP contribution in [0.1, 0.15) is 124 Å². The van der Waals surface area contributed by atoms with Gasteiger partial charge in [-0.2, -0.15) is 0 Å². The van der Waals surface area contributed by atoms with Gasteiger partial charge >= 0.3 is 0 Å². The van der Waals surface area contributed by atoms with Gasteiger partial charge in [0.2, 0.25) is 8.32 Å². The molecule has 0 amide bonds. The summed E-state index contributed by atoms with van der Waals surface area (Å²) in [5.41, 5.74) is 0. The van der Waals surface area contributed by atoms with Crippen molar-refractivity contribution >= 4 is 8.32 Å². The molecule has 0 aliphatic rings. The number of hydrogen-bond acceptors (Lipinski definition) is 1. The Kier molecular flexibility index (Phi) is 17.9. The Balaban J connectivity index is 4.30. The van der Waals surface area contributed by atoms with Crippen LogP contribution in [0, 0.1) is 5.92 Å². The zero-order chi connectivity index (χ0) is 20.4. The zero-order valence-corrected chi connectivity index (χ0v) is 20.9. The molecule has 0 aromatic heterocycles. The number of hydrogen-bond donors (Lipinski definition) is 0. The van der Waals surface area contributed by atoms with Gasteiger partial charge in [-0.1, -0.05) is 103 Å². The van der Waals surface area contributed by atoms with Crippen molar-refractivity contribution < 1.29 is 4.43 Å². The van der Waals surface area contributed by atoms with Crippen LogP contribution in [0.2, 0.25) is 13.1 Å². The standard InChI is InChI=1S/C25H52OSi/c1-7-9-11-12-13-14-15-16-17-21-25(22-19-18-20-24(3)4)27(5,6)26-23-10-8-2/h21,24H,7-20,22-23H2,1-6H3/b25-21+. The quantitative estimate of drug-likeness (QED) is 0.156. The maximum atomic E-state index is 6.41. The van der Waals surface area contributed by atoms with Crippen molar-refractivity contribution in [3.8, 4) is 0 Å². The van der Waals surface area contributed by atoms with E-state index in [-0.39, 0.29) is 0 Å².